The van der Waals surface area contributed by atoms with Gasteiger partial charge in [-0.25, -0.2) is 5.43 Å². The van der Waals surface area contributed by atoms with Crippen LogP contribution in [-0.2, 0) is 6.42 Å². The Balaban J connectivity index is 1.78. The number of aromatic amines is 1. The van der Waals surface area contributed by atoms with Gasteiger partial charge in [0.2, 0.25) is 0 Å². The summed E-state index contributed by atoms with van der Waals surface area (Å²) in [6, 6.07) is 8.27. The highest BCUT2D eigenvalue weighted by Gasteiger charge is 2.27. The van der Waals surface area contributed by atoms with E-state index in [4.69, 9.17) is 11.5 Å². The summed E-state index contributed by atoms with van der Waals surface area (Å²) in [5.74, 6) is 0.580. The predicted octanol–water partition coefficient (Wildman–Crippen LogP) is 0.663. The molecular weight excluding hydrogens is 226 g/mol. The monoisotopic (exact) mass is 243 g/mol. The number of hydrogen-bond donors (Lipinski definition) is 5. The molecule has 18 heavy (non-hydrogen) atoms. The van der Waals surface area contributed by atoms with E-state index in [-0.39, 0.29) is 0 Å². The first kappa shape index (κ1) is 11.1. The third-order valence-electron chi connectivity index (χ3n) is 3.34. The van der Waals surface area contributed by atoms with Gasteiger partial charge in [-0.3, -0.25) is 0 Å². The SMILES string of the molecule is NC1=CC(N)(CCc2c[nH]c3ccccc23)NN1. The second-order valence-electron chi connectivity index (χ2n) is 4.75. The van der Waals surface area contributed by atoms with Crippen LogP contribution in [0, 0.1) is 0 Å². The molecule has 3 rings (SSSR count). The minimum atomic E-state index is -0.567. The van der Waals surface area contributed by atoms with E-state index < -0.39 is 5.66 Å². The van der Waals surface area contributed by atoms with Gasteiger partial charge >= 0.3 is 0 Å². The first-order chi connectivity index (χ1) is 8.66. The van der Waals surface area contributed by atoms with E-state index >= 15 is 0 Å². The minimum absolute atomic E-state index is 0.567. The smallest absolute Gasteiger partial charge is 0.110 e. The van der Waals surface area contributed by atoms with Gasteiger partial charge in [0.15, 0.2) is 0 Å². The summed E-state index contributed by atoms with van der Waals surface area (Å²) in [6.45, 7) is 0. The largest absolute Gasteiger partial charge is 0.385 e. The molecule has 0 fully saturated rings. The van der Waals surface area contributed by atoms with Crippen LogP contribution in [0.2, 0.25) is 0 Å². The van der Waals surface area contributed by atoms with Crippen LogP contribution < -0.4 is 22.3 Å². The van der Waals surface area contributed by atoms with Crippen LogP contribution in [0.4, 0.5) is 0 Å². The van der Waals surface area contributed by atoms with Gasteiger partial charge in [-0.15, -0.1) is 0 Å². The van der Waals surface area contributed by atoms with E-state index in [1.165, 1.54) is 10.9 Å². The fourth-order valence-electron chi connectivity index (χ4n) is 2.35. The van der Waals surface area contributed by atoms with Gasteiger partial charge in [0.1, 0.15) is 11.5 Å². The molecule has 0 saturated carbocycles. The first-order valence-corrected chi connectivity index (χ1v) is 6.02. The second-order valence-corrected chi connectivity index (χ2v) is 4.75. The molecule has 2 aromatic rings. The number of nitrogens with two attached hydrogens (primary N) is 2. The molecule has 0 spiro atoms. The Morgan fingerprint density at radius 1 is 1.22 bits per heavy atom. The van der Waals surface area contributed by atoms with Crippen molar-refractivity contribution >= 4 is 10.9 Å². The minimum Gasteiger partial charge on any atom is -0.385 e. The van der Waals surface area contributed by atoms with Gasteiger partial charge in [0, 0.05) is 17.1 Å². The molecule has 0 amide bonds. The maximum atomic E-state index is 6.17. The lowest BCUT2D eigenvalue weighted by molar-refractivity contribution is 0.386. The average molecular weight is 243 g/mol. The topological polar surface area (TPSA) is 91.9 Å². The van der Waals surface area contributed by atoms with Gasteiger partial charge in [0.25, 0.3) is 0 Å². The second kappa shape index (κ2) is 4.04. The molecule has 1 atom stereocenters. The Labute approximate surface area is 105 Å². The number of para-hydroxylation sites is 1. The van der Waals surface area contributed by atoms with Crippen molar-refractivity contribution in [3.8, 4) is 0 Å². The third-order valence-corrected chi connectivity index (χ3v) is 3.34. The number of nitrogens with one attached hydrogen (secondary N) is 3. The zero-order valence-corrected chi connectivity index (χ0v) is 10.0. The standard InChI is InChI=1S/C13H17N5/c14-12-7-13(15,18-17-12)6-5-9-8-16-11-4-2-1-3-10(9)11/h1-4,7-8,16-18H,5-6,14-15H2. The Morgan fingerprint density at radius 2 is 2.06 bits per heavy atom. The fraction of sp³-hybridized carbons (Fsp3) is 0.231. The zero-order chi connectivity index (χ0) is 12.6. The number of fused-ring (bicyclic) bond motifs is 1. The number of benzene rings is 1. The molecule has 94 valence electrons. The molecule has 5 heteroatoms. The van der Waals surface area contributed by atoms with Crippen LogP contribution in [0.15, 0.2) is 42.4 Å². The summed E-state index contributed by atoms with van der Waals surface area (Å²) in [5, 5.41) is 1.25. The Morgan fingerprint density at radius 3 is 2.83 bits per heavy atom. The molecule has 5 nitrogen and oxygen atoms in total. The van der Waals surface area contributed by atoms with Crippen molar-refractivity contribution in [2.75, 3.05) is 0 Å². The number of aromatic nitrogens is 1. The summed E-state index contributed by atoms with van der Waals surface area (Å²) in [6.07, 6.45) is 5.53. The van der Waals surface area contributed by atoms with Crippen LogP contribution in [0.1, 0.15) is 12.0 Å². The van der Waals surface area contributed by atoms with Crippen LogP contribution in [0.5, 0.6) is 0 Å². The number of hydrogen-bond acceptors (Lipinski definition) is 4. The highest BCUT2D eigenvalue weighted by Crippen LogP contribution is 2.21. The van der Waals surface area contributed by atoms with Gasteiger partial charge in [0.05, 0.1) is 0 Å². The predicted molar refractivity (Wildman–Crippen MR) is 72.1 cm³/mol. The number of hydrazine groups is 1. The van der Waals surface area contributed by atoms with Crippen molar-refractivity contribution in [3.63, 3.8) is 0 Å². The van der Waals surface area contributed by atoms with E-state index in [2.05, 4.69) is 28.0 Å². The normalized spacial score (nSPS) is 23.1. The van der Waals surface area contributed by atoms with Crippen LogP contribution in [0.3, 0.4) is 0 Å². The average Bonchev–Trinajstić information content (AvgIpc) is 2.92. The van der Waals surface area contributed by atoms with Crippen molar-refractivity contribution in [2.45, 2.75) is 18.5 Å². The molecule has 1 aliphatic rings. The lowest BCUT2D eigenvalue weighted by atomic mass is 10.0. The summed E-state index contributed by atoms with van der Waals surface area (Å²) < 4.78 is 0. The third kappa shape index (κ3) is 1.94. The van der Waals surface area contributed by atoms with Crippen LogP contribution in [-0.4, -0.2) is 10.6 Å². The maximum absolute atomic E-state index is 6.17. The molecule has 2 heterocycles. The summed E-state index contributed by atoms with van der Waals surface area (Å²) in [5.41, 5.74) is 19.5. The van der Waals surface area contributed by atoms with E-state index in [1.54, 1.807) is 0 Å². The lowest BCUT2D eigenvalue weighted by Gasteiger charge is -2.21. The van der Waals surface area contributed by atoms with Crippen molar-refractivity contribution < 1.29 is 0 Å². The number of H-pyrrole nitrogens is 1. The number of rotatable bonds is 3. The van der Waals surface area contributed by atoms with E-state index in [1.807, 2.05) is 24.4 Å². The molecule has 0 aliphatic carbocycles. The van der Waals surface area contributed by atoms with Crippen LogP contribution >= 0.6 is 0 Å². The summed E-state index contributed by atoms with van der Waals surface area (Å²) >= 11 is 0. The molecule has 1 unspecified atom stereocenters. The summed E-state index contributed by atoms with van der Waals surface area (Å²) in [4.78, 5) is 3.27. The maximum Gasteiger partial charge on any atom is 0.110 e. The fourth-order valence-corrected chi connectivity index (χ4v) is 2.35. The number of aryl methyl sites for hydroxylation is 1. The molecule has 7 N–H and O–H groups in total. The van der Waals surface area contributed by atoms with Gasteiger partial charge < -0.3 is 21.9 Å². The highest BCUT2D eigenvalue weighted by molar-refractivity contribution is 5.83. The quantitative estimate of drug-likeness (QED) is 0.548. The van der Waals surface area contributed by atoms with Gasteiger partial charge in [-0.1, -0.05) is 18.2 Å². The Hall–Kier alpha value is -1.98. The molecule has 0 bridgehead atoms. The molecule has 1 aromatic heterocycles. The lowest BCUT2D eigenvalue weighted by Crippen LogP contribution is -2.52. The van der Waals surface area contributed by atoms with Crippen molar-refractivity contribution in [1.29, 1.82) is 0 Å². The van der Waals surface area contributed by atoms with Gasteiger partial charge in [-0.2, -0.15) is 0 Å². The Kier molecular flexibility index (Phi) is 2.50. The molecule has 1 aliphatic heterocycles. The van der Waals surface area contributed by atoms with Crippen molar-refractivity contribution in [1.82, 2.24) is 15.8 Å². The summed E-state index contributed by atoms with van der Waals surface area (Å²) in [7, 11) is 0. The molecular formula is C13H17N5. The molecule has 0 saturated heterocycles. The van der Waals surface area contributed by atoms with E-state index in [0.717, 1.165) is 18.4 Å². The first-order valence-electron chi connectivity index (χ1n) is 6.02. The van der Waals surface area contributed by atoms with Crippen molar-refractivity contribution in [3.05, 3.63) is 47.9 Å². The molecule has 0 radical (unpaired) electrons. The zero-order valence-electron chi connectivity index (χ0n) is 10.0. The molecule has 1 aromatic carbocycles. The van der Waals surface area contributed by atoms with Crippen molar-refractivity contribution in [2.24, 2.45) is 11.5 Å². The van der Waals surface area contributed by atoms with Gasteiger partial charge in [-0.05, 0) is 30.5 Å². The van der Waals surface area contributed by atoms with E-state index in [0.29, 0.717) is 5.82 Å². The Bertz CT molecular complexity index is 600. The highest BCUT2D eigenvalue weighted by atomic mass is 15.5. The van der Waals surface area contributed by atoms with E-state index in [9.17, 15) is 0 Å². The van der Waals surface area contributed by atoms with Crippen LogP contribution in [0.25, 0.3) is 10.9 Å².